The van der Waals surface area contributed by atoms with Crippen LogP contribution in [0.3, 0.4) is 0 Å². The van der Waals surface area contributed by atoms with Gasteiger partial charge in [-0.15, -0.1) is 0 Å². The van der Waals surface area contributed by atoms with E-state index in [1.165, 1.54) is 11.1 Å². The first-order valence-corrected chi connectivity index (χ1v) is 10.3. The summed E-state index contributed by atoms with van der Waals surface area (Å²) in [6.07, 6.45) is 1.05. The summed E-state index contributed by atoms with van der Waals surface area (Å²) < 4.78 is 5.83. The van der Waals surface area contributed by atoms with Crippen LogP contribution in [-0.2, 0) is 0 Å². The molecule has 0 amide bonds. The van der Waals surface area contributed by atoms with E-state index < -0.39 is 0 Å². The molecule has 0 N–H and O–H groups in total. The van der Waals surface area contributed by atoms with Crippen molar-refractivity contribution in [3.63, 3.8) is 0 Å². The fraction of sp³-hybridized carbons (Fsp3) is 0.435. The van der Waals surface area contributed by atoms with Crippen molar-refractivity contribution in [1.29, 1.82) is 0 Å². The molecule has 2 rings (SSSR count). The quantitative estimate of drug-likeness (QED) is 0.576. The number of hydrogen-bond acceptors (Lipinski definition) is 2. The monoisotopic (exact) mass is 370 g/mol. The number of carbonyl (C=O) groups excluding carboxylic acids is 1. The van der Waals surface area contributed by atoms with E-state index in [2.05, 4.69) is 53.7 Å². The molecule has 26 heavy (non-hydrogen) atoms. The Balaban J connectivity index is 2.16. The molecule has 0 aliphatic rings. The number of rotatable bonds is 7. The summed E-state index contributed by atoms with van der Waals surface area (Å²) in [5, 5.41) is 1.10. The lowest BCUT2D eigenvalue weighted by atomic mass is 9.95. The molecule has 0 saturated heterocycles. The minimum atomic E-state index is 0.141. The molecule has 0 aromatic heterocycles. The molecule has 0 radical (unpaired) electrons. The summed E-state index contributed by atoms with van der Waals surface area (Å²) >= 11 is 0. The first-order chi connectivity index (χ1) is 12.2. The molecule has 1 unspecified atom stereocenters. The summed E-state index contributed by atoms with van der Waals surface area (Å²) in [7, 11) is 0.141. The molecular formula is C23H31O2P. The second kappa shape index (κ2) is 8.82. The Hall–Kier alpha value is -1.66. The van der Waals surface area contributed by atoms with Crippen molar-refractivity contribution in [3.05, 3.63) is 57.6 Å². The van der Waals surface area contributed by atoms with Crippen molar-refractivity contribution in [3.8, 4) is 5.75 Å². The zero-order valence-corrected chi connectivity index (χ0v) is 18.1. The van der Waals surface area contributed by atoms with Gasteiger partial charge in [-0.25, -0.2) is 0 Å². The second-order valence-corrected chi connectivity index (χ2v) is 8.84. The summed E-state index contributed by atoms with van der Waals surface area (Å²) in [6.45, 7) is 15.5. The molecule has 0 fully saturated rings. The van der Waals surface area contributed by atoms with Crippen LogP contribution in [0, 0.1) is 40.5 Å². The van der Waals surface area contributed by atoms with Crippen molar-refractivity contribution in [2.45, 2.75) is 54.9 Å². The van der Waals surface area contributed by atoms with Gasteiger partial charge in [0.1, 0.15) is 5.75 Å². The van der Waals surface area contributed by atoms with Gasteiger partial charge in [-0.2, -0.15) is 0 Å². The van der Waals surface area contributed by atoms with Crippen molar-refractivity contribution in [2.24, 2.45) is 5.92 Å². The van der Waals surface area contributed by atoms with E-state index >= 15 is 0 Å². The van der Waals surface area contributed by atoms with Gasteiger partial charge in [0.15, 0.2) is 5.52 Å². The minimum Gasteiger partial charge on any atom is -0.494 e. The molecule has 3 heteroatoms. The van der Waals surface area contributed by atoms with E-state index in [1.807, 2.05) is 19.1 Å². The fourth-order valence-corrected chi connectivity index (χ4v) is 4.29. The van der Waals surface area contributed by atoms with Crippen LogP contribution in [0.5, 0.6) is 5.75 Å². The zero-order chi connectivity index (χ0) is 19.4. The maximum absolute atomic E-state index is 13.0. The summed E-state index contributed by atoms with van der Waals surface area (Å²) in [4.78, 5) is 13.0. The van der Waals surface area contributed by atoms with E-state index in [4.69, 9.17) is 4.74 Å². The normalized spacial score (nSPS) is 11.5. The lowest BCUT2D eigenvalue weighted by Crippen LogP contribution is -2.09. The largest absolute Gasteiger partial charge is 0.494 e. The summed E-state index contributed by atoms with van der Waals surface area (Å²) in [6, 6.07) is 8.21. The highest BCUT2D eigenvalue weighted by Crippen LogP contribution is 2.29. The van der Waals surface area contributed by atoms with Gasteiger partial charge in [0.05, 0.1) is 6.61 Å². The third kappa shape index (κ3) is 4.95. The maximum atomic E-state index is 13.0. The Bertz CT molecular complexity index is 806. The fourth-order valence-electron chi connectivity index (χ4n) is 3.10. The number of ether oxygens (including phenoxy) is 1. The van der Waals surface area contributed by atoms with Gasteiger partial charge in [-0.3, -0.25) is 4.79 Å². The van der Waals surface area contributed by atoms with E-state index in [1.54, 1.807) is 0 Å². The van der Waals surface area contributed by atoms with Gasteiger partial charge >= 0.3 is 0 Å². The topological polar surface area (TPSA) is 26.3 Å². The maximum Gasteiger partial charge on any atom is 0.186 e. The molecule has 0 spiro atoms. The predicted octanol–water partition coefficient (Wildman–Crippen LogP) is 5.80. The van der Waals surface area contributed by atoms with Gasteiger partial charge in [-0.1, -0.05) is 26.0 Å². The lowest BCUT2D eigenvalue weighted by molar-refractivity contribution is 0.108. The highest BCUT2D eigenvalue weighted by atomic mass is 31.1. The van der Waals surface area contributed by atoms with Crippen molar-refractivity contribution < 1.29 is 9.53 Å². The SMILES string of the molecule is Cc1cc(OCCC(C)C)ccc1PC(=O)c1c(C)cc(C)c(C)c1C. The number of carbonyl (C=O) groups is 1. The van der Waals surface area contributed by atoms with Gasteiger partial charge in [-0.05, 0) is 101 Å². The molecule has 0 aliphatic heterocycles. The molecule has 140 valence electrons. The number of benzene rings is 2. The molecule has 0 bridgehead atoms. The number of aryl methyl sites for hydroxylation is 3. The summed E-state index contributed by atoms with van der Waals surface area (Å²) in [5.41, 5.74) is 6.90. The summed E-state index contributed by atoms with van der Waals surface area (Å²) in [5.74, 6) is 1.53. The van der Waals surface area contributed by atoms with E-state index in [0.29, 0.717) is 5.92 Å². The molecule has 0 aliphatic carbocycles. The molecular weight excluding hydrogens is 339 g/mol. The number of hydrogen-bond donors (Lipinski definition) is 0. The van der Waals surface area contributed by atoms with Crippen LogP contribution in [0.15, 0.2) is 24.3 Å². The van der Waals surface area contributed by atoms with Gasteiger partial charge in [0, 0.05) is 5.56 Å². The van der Waals surface area contributed by atoms with Crippen LogP contribution in [0.1, 0.15) is 58.4 Å². The van der Waals surface area contributed by atoms with Crippen LogP contribution in [0.4, 0.5) is 0 Å². The Morgan fingerprint density at radius 1 is 0.962 bits per heavy atom. The van der Waals surface area contributed by atoms with Crippen molar-refractivity contribution >= 4 is 19.4 Å². The third-order valence-corrected chi connectivity index (χ3v) is 6.30. The predicted molar refractivity (Wildman–Crippen MR) is 114 cm³/mol. The van der Waals surface area contributed by atoms with Crippen LogP contribution >= 0.6 is 8.58 Å². The Morgan fingerprint density at radius 3 is 2.27 bits per heavy atom. The lowest BCUT2D eigenvalue weighted by Gasteiger charge is -2.15. The Labute approximate surface area is 160 Å². The third-order valence-electron chi connectivity index (χ3n) is 4.99. The molecule has 0 saturated carbocycles. The smallest absolute Gasteiger partial charge is 0.186 e. The Morgan fingerprint density at radius 2 is 1.65 bits per heavy atom. The van der Waals surface area contributed by atoms with Gasteiger partial charge < -0.3 is 4.74 Å². The first-order valence-electron chi connectivity index (χ1n) is 9.33. The van der Waals surface area contributed by atoms with Crippen molar-refractivity contribution in [2.75, 3.05) is 6.61 Å². The minimum absolute atomic E-state index is 0.141. The van der Waals surface area contributed by atoms with Crippen molar-refractivity contribution in [1.82, 2.24) is 0 Å². The second-order valence-electron chi connectivity index (χ2n) is 7.60. The average molecular weight is 370 g/mol. The highest BCUT2D eigenvalue weighted by Gasteiger charge is 2.17. The Kier molecular flexibility index (Phi) is 7.01. The van der Waals surface area contributed by atoms with Crippen LogP contribution < -0.4 is 10.0 Å². The molecule has 2 nitrogen and oxygen atoms in total. The van der Waals surface area contributed by atoms with Crippen LogP contribution in [-0.4, -0.2) is 12.1 Å². The van der Waals surface area contributed by atoms with Gasteiger partial charge in [0.2, 0.25) is 0 Å². The van der Waals surface area contributed by atoms with Crippen LogP contribution in [0.2, 0.25) is 0 Å². The molecule has 2 aromatic rings. The average Bonchev–Trinajstić information content (AvgIpc) is 2.55. The standard InChI is InChI=1S/C23H31O2P/c1-14(2)10-11-25-20-8-9-21(16(4)13-20)26-23(24)22-17(5)12-15(3)18(6)19(22)7/h8-9,12-14,26H,10-11H2,1-7H3. The first kappa shape index (κ1) is 20.6. The molecule has 2 aromatic carbocycles. The molecule has 0 heterocycles. The van der Waals surface area contributed by atoms with E-state index in [9.17, 15) is 4.79 Å². The zero-order valence-electron chi connectivity index (χ0n) is 17.1. The van der Waals surface area contributed by atoms with Gasteiger partial charge in [0.25, 0.3) is 0 Å². The van der Waals surface area contributed by atoms with E-state index in [-0.39, 0.29) is 14.1 Å². The van der Waals surface area contributed by atoms with E-state index in [0.717, 1.165) is 46.3 Å². The highest BCUT2D eigenvalue weighted by molar-refractivity contribution is 7.66. The van der Waals surface area contributed by atoms with Crippen LogP contribution in [0.25, 0.3) is 0 Å². The molecule has 1 atom stereocenters.